The molecule has 25 heavy (non-hydrogen) atoms. The average molecular weight is 360 g/mol. The van der Waals surface area contributed by atoms with Gasteiger partial charge in [0.05, 0.1) is 6.42 Å². The highest BCUT2D eigenvalue weighted by Gasteiger charge is 2.14. The van der Waals surface area contributed by atoms with Crippen molar-refractivity contribution in [3.05, 3.63) is 39.1 Å². The van der Waals surface area contributed by atoms with Crippen molar-refractivity contribution in [2.24, 2.45) is 10.2 Å². The minimum atomic E-state index is -0.761. The summed E-state index contributed by atoms with van der Waals surface area (Å²) >= 11 is 1.38. The molecule has 132 valence electrons. The second-order valence-electron chi connectivity index (χ2n) is 5.57. The molecule has 2 rings (SSSR count). The van der Waals surface area contributed by atoms with Crippen molar-refractivity contribution in [2.75, 3.05) is 13.7 Å². The Morgan fingerprint density at radius 2 is 2.16 bits per heavy atom. The number of allylic oxidation sites excluding steroid dienone is 1. The summed E-state index contributed by atoms with van der Waals surface area (Å²) in [6, 6.07) is 3.32. The van der Waals surface area contributed by atoms with Crippen LogP contribution in [0.15, 0.2) is 38.8 Å². The molecule has 6 nitrogen and oxygen atoms in total. The highest BCUT2D eigenvalue weighted by Crippen LogP contribution is 2.37. The number of phenols is 1. The monoisotopic (exact) mass is 360 g/mol. The Morgan fingerprint density at radius 1 is 1.40 bits per heavy atom. The van der Waals surface area contributed by atoms with E-state index in [1.54, 1.807) is 18.6 Å². The number of amides is 1. The van der Waals surface area contributed by atoms with E-state index in [0.717, 1.165) is 16.7 Å². The lowest BCUT2D eigenvalue weighted by Gasteiger charge is -2.10. The number of hydrogen-bond donors (Lipinski definition) is 1. The minimum Gasteiger partial charge on any atom is -0.507 e. The van der Waals surface area contributed by atoms with Crippen molar-refractivity contribution >= 4 is 33.5 Å². The molecule has 0 bridgehead atoms. The molecule has 0 saturated carbocycles. The first kappa shape index (κ1) is 18.8. The Hall–Kier alpha value is -2.54. The van der Waals surface area contributed by atoms with Crippen molar-refractivity contribution in [3.8, 4) is 11.5 Å². The molecule has 2 aromatic rings. The molecule has 1 aromatic heterocycles. The third-order valence-corrected chi connectivity index (χ3v) is 4.88. The number of fused-ring (bicyclic) bond motifs is 1. The molecule has 1 heterocycles. The van der Waals surface area contributed by atoms with Crippen molar-refractivity contribution in [1.82, 2.24) is 0 Å². The van der Waals surface area contributed by atoms with E-state index < -0.39 is 5.91 Å². The Labute approximate surface area is 149 Å². The molecule has 0 saturated heterocycles. The van der Waals surface area contributed by atoms with Gasteiger partial charge in [-0.05, 0) is 30.4 Å². The van der Waals surface area contributed by atoms with Gasteiger partial charge < -0.3 is 9.84 Å². The maximum absolute atomic E-state index is 11.2. The fraction of sp³-hybridized carbons (Fsp3) is 0.333. The molecule has 0 fully saturated rings. The van der Waals surface area contributed by atoms with Crippen molar-refractivity contribution in [2.45, 2.75) is 26.7 Å². The topological polar surface area (TPSA) is 88.3 Å². The van der Waals surface area contributed by atoms with Crippen LogP contribution in [-0.2, 0) is 11.2 Å². The van der Waals surface area contributed by atoms with Crippen LogP contribution in [0.3, 0.4) is 0 Å². The number of phenolic OH excluding ortho intramolecular Hbond substituents is 1. The number of aromatic hydroxyl groups is 1. The zero-order valence-electron chi connectivity index (χ0n) is 14.4. The van der Waals surface area contributed by atoms with Gasteiger partial charge in [-0.25, -0.2) is 0 Å². The van der Waals surface area contributed by atoms with Crippen LogP contribution < -0.4 is 4.74 Å². The van der Waals surface area contributed by atoms with Crippen LogP contribution in [0.2, 0.25) is 0 Å². The predicted molar refractivity (Wildman–Crippen MR) is 101 cm³/mol. The number of rotatable bonds is 7. The quantitative estimate of drug-likeness (QED) is 0.590. The third kappa shape index (κ3) is 4.51. The molecule has 1 N–H and O–H groups in total. The Balaban J connectivity index is 2.27. The van der Waals surface area contributed by atoms with E-state index >= 15 is 0 Å². The number of nitrogens with zero attached hydrogens (tertiary/aromatic N) is 2. The van der Waals surface area contributed by atoms with Crippen LogP contribution in [0.1, 0.15) is 25.8 Å². The summed E-state index contributed by atoms with van der Waals surface area (Å²) in [5.74, 6) is -0.211. The molecule has 0 atom stereocenters. The molecule has 0 aliphatic rings. The fourth-order valence-corrected chi connectivity index (χ4v) is 3.42. The van der Waals surface area contributed by atoms with Gasteiger partial charge in [-0.1, -0.05) is 12.5 Å². The van der Waals surface area contributed by atoms with E-state index in [9.17, 15) is 14.8 Å². The van der Waals surface area contributed by atoms with Crippen LogP contribution in [0.25, 0.3) is 10.1 Å². The SMILES string of the molecule is CC/C(C)=C(\C=NC)COc1cc(O)c2c(CC(=O)N=O)csc2c1. The van der Waals surface area contributed by atoms with E-state index in [1.807, 2.05) is 13.0 Å². The van der Waals surface area contributed by atoms with E-state index in [-0.39, 0.29) is 12.2 Å². The second kappa shape index (κ2) is 8.53. The Kier molecular flexibility index (Phi) is 6.41. The molecule has 0 radical (unpaired) electrons. The van der Waals surface area contributed by atoms with Gasteiger partial charge in [0.1, 0.15) is 18.1 Å². The summed E-state index contributed by atoms with van der Waals surface area (Å²) in [6.45, 7) is 4.46. The molecule has 1 amide bonds. The number of thiophene rings is 1. The van der Waals surface area contributed by atoms with E-state index in [0.29, 0.717) is 23.3 Å². The van der Waals surface area contributed by atoms with Crippen molar-refractivity contribution in [3.63, 3.8) is 0 Å². The first-order chi connectivity index (χ1) is 12.0. The Morgan fingerprint density at radius 3 is 2.80 bits per heavy atom. The second-order valence-corrected chi connectivity index (χ2v) is 6.48. The van der Waals surface area contributed by atoms with Gasteiger partial charge in [0.25, 0.3) is 5.91 Å². The van der Waals surface area contributed by atoms with Crippen LogP contribution in [0, 0.1) is 4.91 Å². The fourth-order valence-electron chi connectivity index (χ4n) is 2.41. The van der Waals surface area contributed by atoms with Crippen LogP contribution in [0.4, 0.5) is 0 Å². The maximum atomic E-state index is 11.2. The molecule has 0 spiro atoms. The van der Waals surface area contributed by atoms with Crippen molar-refractivity contribution in [1.29, 1.82) is 0 Å². The Bertz CT molecular complexity index is 852. The highest BCUT2D eigenvalue weighted by atomic mass is 32.1. The van der Waals surface area contributed by atoms with Crippen molar-refractivity contribution < 1.29 is 14.6 Å². The van der Waals surface area contributed by atoms with E-state index in [4.69, 9.17) is 4.74 Å². The number of ether oxygens (including phenoxy) is 1. The molecular weight excluding hydrogens is 340 g/mol. The van der Waals surface area contributed by atoms with Gasteiger partial charge >= 0.3 is 0 Å². The molecular formula is C18H20N2O4S. The lowest BCUT2D eigenvalue weighted by Crippen LogP contribution is -2.05. The van der Waals surface area contributed by atoms with E-state index in [2.05, 4.69) is 17.1 Å². The highest BCUT2D eigenvalue weighted by molar-refractivity contribution is 7.17. The van der Waals surface area contributed by atoms with E-state index in [1.165, 1.54) is 23.0 Å². The molecule has 7 heteroatoms. The largest absolute Gasteiger partial charge is 0.507 e. The standard InChI is InChI=1S/C18H20N2O4S/c1-4-11(2)13(8-19-3)9-24-14-6-15(21)18-12(5-17(22)20-23)10-25-16(18)7-14/h6-8,10,21H,4-5,9H2,1-3H3/b13-11+,19-8?. The first-order valence-electron chi connectivity index (χ1n) is 7.83. The lowest BCUT2D eigenvalue weighted by atomic mass is 10.1. The normalized spacial score (nSPS) is 12.4. The van der Waals surface area contributed by atoms with Gasteiger partial charge in [0, 0.05) is 40.2 Å². The summed E-state index contributed by atoms with van der Waals surface area (Å²) in [6.07, 6.45) is 2.56. The van der Waals surface area contributed by atoms with Gasteiger partial charge in [0.15, 0.2) is 0 Å². The number of carbonyl (C=O) groups is 1. The molecule has 0 aliphatic carbocycles. The summed E-state index contributed by atoms with van der Waals surface area (Å²) in [5, 5.41) is 15.0. The van der Waals surface area contributed by atoms with Gasteiger partial charge in [-0.3, -0.25) is 9.79 Å². The average Bonchev–Trinajstić information content (AvgIpc) is 3.00. The lowest BCUT2D eigenvalue weighted by molar-refractivity contribution is -0.117. The summed E-state index contributed by atoms with van der Waals surface area (Å²) < 4.78 is 6.59. The zero-order valence-corrected chi connectivity index (χ0v) is 15.2. The first-order valence-corrected chi connectivity index (χ1v) is 8.70. The summed E-state index contributed by atoms with van der Waals surface area (Å²) in [4.78, 5) is 25.6. The van der Waals surface area contributed by atoms with Gasteiger partial charge in [-0.15, -0.1) is 16.2 Å². The zero-order chi connectivity index (χ0) is 18.4. The van der Waals surface area contributed by atoms with Gasteiger partial charge in [0.2, 0.25) is 0 Å². The number of carbonyl (C=O) groups excluding carboxylic acids is 1. The van der Waals surface area contributed by atoms with Crippen LogP contribution in [-0.4, -0.2) is 30.9 Å². The molecule has 1 aromatic carbocycles. The minimum absolute atomic E-state index is 0.0179. The third-order valence-electron chi connectivity index (χ3n) is 3.91. The number of nitroso groups, excluding NO2 is 1. The number of hydrogen-bond acceptors (Lipinski definition) is 6. The van der Waals surface area contributed by atoms with Gasteiger partial charge in [-0.2, -0.15) is 0 Å². The maximum Gasteiger partial charge on any atom is 0.290 e. The smallest absolute Gasteiger partial charge is 0.290 e. The molecule has 0 unspecified atom stereocenters. The summed E-state index contributed by atoms with van der Waals surface area (Å²) in [7, 11) is 1.71. The van der Waals surface area contributed by atoms with Crippen LogP contribution in [0.5, 0.6) is 11.5 Å². The van der Waals surface area contributed by atoms with Crippen LogP contribution >= 0.6 is 11.3 Å². The number of aliphatic imine (C=N–C) groups is 1. The number of benzene rings is 1. The molecule has 0 aliphatic heterocycles. The summed E-state index contributed by atoms with van der Waals surface area (Å²) in [5.41, 5.74) is 2.78. The predicted octanol–water partition coefficient (Wildman–Crippen LogP) is 4.25.